The number of rotatable bonds is 9. The van der Waals surface area contributed by atoms with Crippen LogP contribution in [0.2, 0.25) is 0 Å². The Hall–Kier alpha value is -4.60. The highest BCUT2D eigenvalue weighted by atomic mass is 32.2. The molecule has 42 heavy (non-hydrogen) atoms. The molecule has 0 saturated heterocycles. The van der Waals surface area contributed by atoms with Gasteiger partial charge in [0.15, 0.2) is 21.3 Å². The quantitative estimate of drug-likeness (QED) is 0.208. The molecule has 3 aromatic carbocycles. The summed E-state index contributed by atoms with van der Waals surface area (Å²) in [6.45, 7) is 2.32. The van der Waals surface area contributed by atoms with Crippen LogP contribution in [0.3, 0.4) is 0 Å². The van der Waals surface area contributed by atoms with Crippen molar-refractivity contribution in [2.45, 2.75) is 23.7 Å². The number of nitrogens with zero attached hydrogens (tertiary/aromatic N) is 2. The summed E-state index contributed by atoms with van der Waals surface area (Å²) in [5.74, 6) is 1.27. The molecule has 6 rings (SSSR count). The number of hydrogen-bond donors (Lipinski definition) is 2. The van der Waals surface area contributed by atoms with Gasteiger partial charge in [0, 0.05) is 54.1 Å². The summed E-state index contributed by atoms with van der Waals surface area (Å²) in [6, 6.07) is 24.4. The smallest absolute Gasteiger partial charge is 0.198 e. The van der Waals surface area contributed by atoms with E-state index >= 15 is 0 Å². The van der Waals surface area contributed by atoms with Crippen molar-refractivity contribution in [1.82, 2.24) is 19.9 Å². The number of aromatic amines is 1. The second-order valence-corrected chi connectivity index (χ2v) is 12.4. The van der Waals surface area contributed by atoms with Crippen molar-refractivity contribution in [2.75, 3.05) is 14.2 Å². The molecular formula is C33H32N4O4S. The van der Waals surface area contributed by atoms with Crippen molar-refractivity contribution in [1.29, 1.82) is 0 Å². The van der Waals surface area contributed by atoms with E-state index in [1.165, 1.54) is 0 Å². The standard InChI is InChI=1S/C33H32N4O4S/c1-21-10-12-23(13-11-21)42(38,39)33(35-19-22-8-6-5-7-9-22)24-14-15-34-32-26(24)16-28(36-32)27-20-37(2)29-18-31(41-4)30(40-3)17-25(27)29/h5-18,20,33,35H,19H2,1-4H3,(H,34,36). The molecule has 9 heteroatoms. The van der Waals surface area contributed by atoms with Crippen LogP contribution >= 0.6 is 0 Å². The molecule has 0 aliphatic carbocycles. The maximum absolute atomic E-state index is 14.2. The van der Waals surface area contributed by atoms with Crippen LogP contribution in [0.5, 0.6) is 11.5 Å². The summed E-state index contributed by atoms with van der Waals surface area (Å²) in [7, 11) is 1.38. The molecule has 214 valence electrons. The van der Waals surface area contributed by atoms with Crippen molar-refractivity contribution in [3.05, 3.63) is 108 Å². The van der Waals surface area contributed by atoms with E-state index in [4.69, 9.17) is 9.47 Å². The summed E-state index contributed by atoms with van der Waals surface area (Å²) in [6.07, 6.45) is 3.68. The monoisotopic (exact) mass is 580 g/mol. The second kappa shape index (κ2) is 11.0. The molecule has 3 heterocycles. The van der Waals surface area contributed by atoms with Gasteiger partial charge in [-0.2, -0.15) is 0 Å². The third kappa shape index (κ3) is 4.91. The lowest BCUT2D eigenvalue weighted by Gasteiger charge is -2.21. The van der Waals surface area contributed by atoms with Gasteiger partial charge in [0.05, 0.1) is 24.6 Å². The lowest BCUT2D eigenvalue weighted by Crippen LogP contribution is -2.29. The maximum atomic E-state index is 14.2. The van der Waals surface area contributed by atoms with Crippen molar-refractivity contribution in [3.8, 4) is 22.8 Å². The number of aryl methyl sites for hydroxylation is 2. The number of methoxy groups -OCH3 is 2. The van der Waals surface area contributed by atoms with E-state index in [-0.39, 0.29) is 4.90 Å². The zero-order chi connectivity index (χ0) is 29.4. The van der Waals surface area contributed by atoms with Gasteiger partial charge in [-0.15, -0.1) is 0 Å². The Kier molecular flexibility index (Phi) is 7.22. The van der Waals surface area contributed by atoms with Gasteiger partial charge >= 0.3 is 0 Å². The van der Waals surface area contributed by atoms with Crippen LogP contribution in [-0.4, -0.2) is 37.2 Å². The second-order valence-electron chi connectivity index (χ2n) is 10.3. The van der Waals surface area contributed by atoms with Crippen LogP contribution in [0.25, 0.3) is 33.2 Å². The molecule has 0 radical (unpaired) electrons. The third-order valence-electron chi connectivity index (χ3n) is 7.63. The molecule has 3 aromatic heterocycles. The van der Waals surface area contributed by atoms with Gasteiger partial charge in [0.25, 0.3) is 0 Å². The highest BCUT2D eigenvalue weighted by molar-refractivity contribution is 7.91. The van der Waals surface area contributed by atoms with Crippen LogP contribution in [0.4, 0.5) is 0 Å². The molecule has 2 N–H and O–H groups in total. The zero-order valence-electron chi connectivity index (χ0n) is 23.9. The largest absolute Gasteiger partial charge is 0.493 e. The number of hydrogen-bond acceptors (Lipinski definition) is 6. The molecule has 6 aromatic rings. The first-order chi connectivity index (χ1) is 20.3. The Morgan fingerprint density at radius 1 is 0.929 bits per heavy atom. The summed E-state index contributed by atoms with van der Waals surface area (Å²) in [4.78, 5) is 8.26. The van der Waals surface area contributed by atoms with Crippen LogP contribution in [0.15, 0.2) is 96.2 Å². The molecule has 0 aliphatic rings. The number of nitrogens with one attached hydrogen (secondary N) is 2. The Morgan fingerprint density at radius 2 is 1.64 bits per heavy atom. The molecule has 8 nitrogen and oxygen atoms in total. The van der Waals surface area contributed by atoms with Gasteiger partial charge in [-0.25, -0.2) is 13.4 Å². The van der Waals surface area contributed by atoms with E-state index in [1.54, 1.807) is 38.6 Å². The number of pyridine rings is 1. The van der Waals surface area contributed by atoms with Crippen LogP contribution in [0, 0.1) is 6.92 Å². The summed E-state index contributed by atoms with van der Waals surface area (Å²) in [5, 5.41) is 4.03. The van der Waals surface area contributed by atoms with Gasteiger partial charge in [-0.3, -0.25) is 5.32 Å². The van der Waals surface area contributed by atoms with Crippen molar-refractivity contribution in [2.24, 2.45) is 7.05 Å². The van der Waals surface area contributed by atoms with E-state index in [2.05, 4.69) is 15.3 Å². The molecule has 0 spiro atoms. The molecule has 0 amide bonds. The minimum atomic E-state index is -3.82. The van der Waals surface area contributed by atoms with Crippen molar-refractivity contribution in [3.63, 3.8) is 0 Å². The number of aromatic nitrogens is 3. The molecule has 0 bridgehead atoms. The van der Waals surface area contributed by atoms with Gasteiger partial charge in [-0.05, 0) is 48.4 Å². The fourth-order valence-electron chi connectivity index (χ4n) is 5.40. The van der Waals surface area contributed by atoms with Crippen molar-refractivity contribution >= 4 is 31.8 Å². The SMILES string of the molecule is COc1cc2c(-c3cc4c(C(NCc5ccccc5)S(=O)(=O)c5ccc(C)cc5)ccnc4[nH]3)cn(C)c2cc1OC. The topological polar surface area (TPSA) is 98.2 Å². The van der Waals surface area contributed by atoms with Gasteiger partial charge < -0.3 is 19.0 Å². The lowest BCUT2D eigenvalue weighted by atomic mass is 10.1. The Bertz CT molecular complexity index is 2000. The Labute approximate surface area is 244 Å². The fraction of sp³-hybridized carbons (Fsp3) is 0.182. The first-order valence-electron chi connectivity index (χ1n) is 13.6. The Morgan fingerprint density at radius 3 is 2.36 bits per heavy atom. The number of fused-ring (bicyclic) bond motifs is 2. The summed E-state index contributed by atoms with van der Waals surface area (Å²) >= 11 is 0. The molecule has 0 fully saturated rings. The minimum Gasteiger partial charge on any atom is -0.493 e. The van der Waals surface area contributed by atoms with Gasteiger partial charge in [0.2, 0.25) is 0 Å². The highest BCUT2D eigenvalue weighted by Gasteiger charge is 2.31. The predicted octanol–water partition coefficient (Wildman–Crippen LogP) is 6.31. The van der Waals surface area contributed by atoms with E-state index in [0.717, 1.165) is 38.7 Å². The molecule has 1 unspecified atom stereocenters. The minimum absolute atomic E-state index is 0.259. The van der Waals surface area contributed by atoms with E-state index < -0.39 is 15.2 Å². The first kappa shape index (κ1) is 27.6. The van der Waals surface area contributed by atoms with E-state index in [9.17, 15) is 8.42 Å². The summed E-state index contributed by atoms with van der Waals surface area (Å²) in [5.41, 5.74) is 5.93. The molecule has 0 saturated carbocycles. The average molecular weight is 581 g/mol. The fourth-order valence-corrected chi connectivity index (χ4v) is 7.03. The number of benzene rings is 3. The third-order valence-corrected chi connectivity index (χ3v) is 9.60. The Balaban J connectivity index is 1.49. The first-order valence-corrected chi connectivity index (χ1v) is 15.1. The molecular weight excluding hydrogens is 548 g/mol. The van der Waals surface area contributed by atoms with Crippen LogP contribution in [0.1, 0.15) is 22.1 Å². The highest BCUT2D eigenvalue weighted by Crippen LogP contribution is 2.40. The lowest BCUT2D eigenvalue weighted by molar-refractivity contribution is 0.355. The van der Waals surface area contributed by atoms with Gasteiger partial charge in [-0.1, -0.05) is 48.0 Å². The maximum Gasteiger partial charge on any atom is 0.198 e. The summed E-state index contributed by atoms with van der Waals surface area (Å²) < 4.78 is 41.5. The van der Waals surface area contributed by atoms with Gasteiger partial charge in [0.1, 0.15) is 11.0 Å². The molecule has 0 aliphatic heterocycles. The number of sulfone groups is 1. The van der Waals surface area contributed by atoms with Crippen molar-refractivity contribution < 1.29 is 17.9 Å². The zero-order valence-corrected chi connectivity index (χ0v) is 24.7. The number of H-pyrrole nitrogens is 1. The average Bonchev–Trinajstić information content (AvgIpc) is 3.58. The normalized spacial score (nSPS) is 12.6. The predicted molar refractivity (Wildman–Crippen MR) is 165 cm³/mol. The molecule has 1 atom stereocenters. The number of ether oxygens (including phenoxy) is 2. The van der Waals surface area contributed by atoms with Crippen LogP contribution < -0.4 is 14.8 Å². The van der Waals surface area contributed by atoms with Crippen LogP contribution in [-0.2, 0) is 23.4 Å². The van der Waals surface area contributed by atoms with E-state index in [1.807, 2.05) is 85.4 Å². The van der Waals surface area contributed by atoms with E-state index in [0.29, 0.717) is 29.3 Å².